The molecule has 2 heterocycles. The first kappa shape index (κ1) is 22.4. The van der Waals surface area contributed by atoms with Crippen LogP contribution in [0.5, 0.6) is 0 Å². The third-order valence-electron chi connectivity index (χ3n) is 6.34. The Kier molecular flexibility index (Phi) is 7.15. The molecule has 0 spiro atoms. The maximum Gasteiger partial charge on any atom is 0.207 e. The molecule has 170 valence electrons. The quantitative estimate of drug-likeness (QED) is 0.498. The number of hydrogen-bond acceptors (Lipinski definition) is 2. The number of nitrogens with one attached hydrogen (secondary N) is 2. The zero-order valence-corrected chi connectivity index (χ0v) is 17.8. The summed E-state index contributed by atoms with van der Waals surface area (Å²) in [7, 11) is 0. The fourth-order valence-electron chi connectivity index (χ4n) is 4.37. The molecule has 0 radical (unpaired) electrons. The van der Waals surface area contributed by atoms with Crippen LogP contribution in [-0.4, -0.2) is 31.2 Å². The fourth-order valence-corrected chi connectivity index (χ4v) is 4.37. The molecule has 5 rings (SSSR count). The molecular weight excluding hydrogens is 417 g/mol. The highest BCUT2D eigenvalue weighted by Gasteiger charge is 2.27. The highest BCUT2D eigenvalue weighted by Crippen LogP contribution is 2.45. The molecule has 0 unspecified atom stereocenters. The Morgan fingerprint density at radius 2 is 1.72 bits per heavy atom. The lowest BCUT2D eigenvalue weighted by Crippen LogP contribution is -2.26. The van der Waals surface area contributed by atoms with E-state index in [0.29, 0.717) is 22.7 Å². The second kappa shape index (κ2) is 10.2. The summed E-state index contributed by atoms with van der Waals surface area (Å²) in [6.45, 7) is 2.52. The number of halogens is 3. The summed E-state index contributed by atoms with van der Waals surface area (Å²) in [5.74, 6) is -0.546. The second-order valence-corrected chi connectivity index (χ2v) is 8.44. The van der Waals surface area contributed by atoms with Gasteiger partial charge in [0.25, 0.3) is 0 Å². The summed E-state index contributed by atoms with van der Waals surface area (Å²) in [5.41, 5.74) is 2.83. The smallest absolute Gasteiger partial charge is 0.207 e. The summed E-state index contributed by atoms with van der Waals surface area (Å²) < 4.78 is 46.0. The summed E-state index contributed by atoms with van der Waals surface area (Å²) >= 11 is 0. The first-order chi connectivity index (χ1) is 15.6. The van der Waals surface area contributed by atoms with Crippen molar-refractivity contribution in [2.45, 2.75) is 38.0 Å². The van der Waals surface area contributed by atoms with Crippen molar-refractivity contribution in [2.75, 3.05) is 19.8 Å². The Morgan fingerprint density at radius 1 is 1.00 bits per heavy atom. The summed E-state index contributed by atoms with van der Waals surface area (Å²) in [4.78, 5) is 13.0. The van der Waals surface area contributed by atoms with Crippen LogP contribution < -0.4 is 5.32 Å². The van der Waals surface area contributed by atoms with Crippen LogP contribution in [0.4, 0.5) is 13.2 Å². The van der Waals surface area contributed by atoms with Crippen molar-refractivity contribution in [3.05, 3.63) is 59.4 Å². The number of carbonyl (C=O) groups excluding carboxylic acids is 1. The lowest BCUT2D eigenvalue weighted by atomic mass is 9.78. The van der Waals surface area contributed by atoms with Crippen molar-refractivity contribution in [1.82, 2.24) is 10.3 Å². The SMILES string of the molecule is Fc1ccc(-c2[nH]c3c(F)cc(F)cc3c2C2CCC2)cc1.O=CNCC1CCOCC1. The fraction of sp³-hybridized carbons (Fsp3) is 0.400. The molecule has 32 heavy (non-hydrogen) atoms. The molecule has 2 fully saturated rings. The van der Waals surface area contributed by atoms with Gasteiger partial charge in [-0.3, -0.25) is 4.79 Å². The van der Waals surface area contributed by atoms with E-state index in [1.165, 1.54) is 18.2 Å². The van der Waals surface area contributed by atoms with Crippen LogP contribution >= 0.6 is 0 Å². The van der Waals surface area contributed by atoms with Gasteiger partial charge in [-0.25, -0.2) is 13.2 Å². The van der Waals surface area contributed by atoms with Crippen molar-refractivity contribution >= 4 is 17.3 Å². The summed E-state index contributed by atoms with van der Waals surface area (Å²) in [5, 5.41) is 3.28. The molecule has 1 saturated carbocycles. The van der Waals surface area contributed by atoms with E-state index in [0.717, 1.165) is 81.2 Å². The van der Waals surface area contributed by atoms with E-state index < -0.39 is 11.6 Å². The normalized spacial score (nSPS) is 16.8. The zero-order chi connectivity index (χ0) is 22.5. The molecule has 0 bridgehead atoms. The van der Waals surface area contributed by atoms with Crippen molar-refractivity contribution in [1.29, 1.82) is 0 Å². The van der Waals surface area contributed by atoms with Crippen LogP contribution in [0.3, 0.4) is 0 Å². The van der Waals surface area contributed by atoms with E-state index in [4.69, 9.17) is 4.74 Å². The number of fused-ring (bicyclic) bond motifs is 1. The van der Waals surface area contributed by atoms with Gasteiger partial charge < -0.3 is 15.0 Å². The van der Waals surface area contributed by atoms with E-state index >= 15 is 0 Å². The first-order valence-electron chi connectivity index (χ1n) is 11.1. The van der Waals surface area contributed by atoms with E-state index in [9.17, 15) is 18.0 Å². The Balaban J connectivity index is 0.000000207. The molecule has 2 N–H and O–H groups in total. The summed E-state index contributed by atoms with van der Waals surface area (Å²) in [6, 6.07) is 8.35. The highest BCUT2D eigenvalue weighted by atomic mass is 19.1. The van der Waals surface area contributed by atoms with Gasteiger partial charge in [-0.1, -0.05) is 6.42 Å². The predicted octanol–water partition coefficient (Wildman–Crippen LogP) is 5.68. The molecule has 1 saturated heterocycles. The van der Waals surface area contributed by atoms with Crippen LogP contribution in [0, 0.1) is 23.4 Å². The van der Waals surface area contributed by atoms with Gasteiger partial charge in [0.15, 0.2) is 0 Å². The van der Waals surface area contributed by atoms with Gasteiger partial charge in [0.2, 0.25) is 6.41 Å². The van der Waals surface area contributed by atoms with Crippen LogP contribution in [0.15, 0.2) is 36.4 Å². The molecule has 1 aliphatic carbocycles. The number of aromatic amines is 1. The molecule has 1 amide bonds. The largest absolute Gasteiger partial charge is 0.381 e. The van der Waals surface area contributed by atoms with Gasteiger partial charge in [0, 0.05) is 31.2 Å². The number of aromatic nitrogens is 1. The number of H-pyrrole nitrogens is 1. The third kappa shape index (κ3) is 4.99. The van der Waals surface area contributed by atoms with Crippen LogP contribution in [0.2, 0.25) is 0 Å². The van der Waals surface area contributed by atoms with Gasteiger partial charge in [-0.05, 0) is 79.0 Å². The number of benzene rings is 2. The van der Waals surface area contributed by atoms with Crippen molar-refractivity contribution in [3.63, 3.8) is 0 Å². The Labute approximate surface area is 185 Å². The molecule has 1 aliphatic heterocycles. The molecule has 7 heteroatoms. The predicted molar refractivity (Wildman–Crippen MR) is 118 cm³/mol. The van der Waals surface area contributed by atoms with Gasteiger partial charge in [-0.2, -0.15) is 0 Å². The van der Waals surface area contributed by atoms with Crippen LogP contribution in [0.1, 0.15) is 43.6 Å². The molecule has 1 aromatic heterocycles. The number of rotatable bonds is 5. The Bertz CT molecular complexity index is 1060. The zero-order valence-electron chi connectivity index (χ0n) is 17.8. The first-order valence-corrected chi connectivity index (χ1v) is 11.1. The number of amides is 1. The van der Waals surface area contributed by atoms with Crippen molar-refractivity contribution < 1.29 is 22.7 Å². The topological polar surface area (TPSA) is 54.1 Å². The van der Waals surface area contributed by atoms with Gasteiger partial charge >= 0.3 is 0 Å². The molecule has 0 atom stereocenters. The highest BCUT2D eigenvalue weighted by molar-refractivity contribution is 5.92. The minimum absolute atomic E-state index is 0.301. The summed E-state index contributed by atoms with van der Waals surface area (Å²) in [6.07, 6.45) is 6.08. The average Bonchev–Trinajstić information content (AvgIpc) is 3.12. The van der Waals surface area contributed by atoms with Gasteiger partial charge in [-0.15, -0.1) is 0 Å². The van der Waals surface area contributed by atoms with E-state index in [1.807, 2.05) is 0 Å². The van der Waals surface area contributed by atoms with E-state index in [2.05, 4.69) is 10.3 Å². The maximum absolute atomic E-state index is 14.1. The van der Waals surface area contributed by atoms with Crippen molar-refractivity contribution in [2.24, 2.45) is 5.92 Å². The van der Waals surface area contributed by atoms with Crippen LogP contribution in [-0.2, 0) is 9.53 Å². The number of hydrogen-bond donors (Lipinski definition) is 2. The Morgan fingerprint density at radius 3 is 2.34 bits per heavy atom. The lowest BCUT2D eigenvalue weighted by molar-refractivity contribution is -0.109. The minimum Gasteiger partial charge on any atom is -0.381 e. The van der Waals surface area contributed by atoms with Gasteiger partial charge in [0.05, 0.1) is 11.2 Å². The number of carbonyl (C=O) groups is 1. The Hall–Kier alpha value is -2.80. The van der Waals surface area contributed by atoms with E-state index in [-0.39, 0.29) is 5.82 Å². The second-order valence-electron chi connectivity index (χ2n) is 8.44. The number of ether oxygens (including phenoxy) is 1. The standard InChI is InChI=1S/C18H14F3N.C7H13NO2/c19-12-6-4-11(5-7-12)17-16(10-2-1-3-10)14-8-13(20)9-15(21)18(14)22-17;9-6-8-5-7-1-3-10-4-2-7/h4-10,22H,1-3H2;6-7H,1-5H2,(H,8,9). The molecular formula is C25H27F3N2O2. The maximum atomic E-state index is 14.1. The van der Waals surface area contributed by atoms with E-state index in [1.54, 1.807) is 12.1 Å². The molecule has 3 aromatic rings. The molecule has 2 aromatic carbocycles. The lowest BCUT2D eigenvalue weighted by Gasteiger charge is -2.26. The molecule has 2 aliphatic rings. The monoisotopic (exact) mass is 444 g/mol. The third-order valence-corrected chi connectivity index (χ3v) is 6.34. The minimum atomic E-state index is -0.594. The molecule has 4 nitrogen and oxygen atoms in total. The average molecular weight is 444 g/mol. The van der Waals surface area contributed by atoms with Crippen molar-refractivity contribution in [3.8, 4) is 11.3 Å². The van der Waals surface area contributed by atoms with Gasteiger partial charge in [0.1, 0.15) is 17.5 Å². The van der Waals surface area contributed by atoms with Crippen LogP contribution in [0.25, 0.3) is 22.2 Å².